The predicted molar refractivity (Wildman–Crippen MR) is 76.9 cm³/mol. The molecular weight excluding hydrogens is 253 g/mol. The Hall–Kier alpha value is -1.90. The van der Waals surface area contributed by atoms with Crippen LogP contribution in [0.3, 0.4) is 0 Å². The van der Waals surface area contributed by atoms with Gasteiger partial charge in [0.15, 0.2) is 5.78 Å². The molecule has 0 atom stereocenters. The van der Waals surface area contributed by atoms with E-state index >= 15 is 0 Å². The molecule has 1 aromatic carbocycles. The molecule has 0 aliphatic heterocycles. The first-order valence-electron chi connectivity index (χ1n) is 6.88. The van der Waals surface area contributed by atoms with E-state index in [1.165, 1.54) is 6.07 Å². The molecule has 0 radical (unpaired) electrons. The molecular formula is C17H18FNO. The van der Waals surface area contributed by atoms with Crippen LogP contribution in [0.1, 0.15) is 41.9 Å². The summed E-state index contributed by atoms with van der Waals surface area (Å²) in [7, 11) is 0. The number of carbonyl (C=O) groups excluding carboxylic acids is 1. The Kier molecular flexibility index (Phi) is 2.82. The number of Topliss-reactive ketones (excluding diaryl/α,β-unsaturated/α-hetero) is 1. The second-order valence-electron chi connectivity index (χ2n) is 6.39. The minimum absolute atomic E-state index is 0.0701. The zero-order valence-corrected chi connectivity index (χ0v) is 12.0. The Morgan fingerprint density at radius 1 is 1.20 bits per heavy atom. The van der Waals surface area contributed by atoms with Crippen LogP contribution in [0.25, 0.3) is 5.69 Å². The van der Waals surface area contributed by atoms with E-state index in [9.17, 15) is 9.18 Å². The van der Waals surface area contributed by atoms with Crippen molar-refractivity contribution in [3.05, 3.63) is 53.1 Å². The maximum Gasteiger partial charge on any atom is 0.165 e. The molecule has 0 saturated heterocycles. The highest BCUT2D eigenvalue weighted by Gasteiger charge is 2.33. The van der Waals surface area contributed by atoms with Gasteiger partial charge in [-0.05, 0) is 36.5 Å². The molecule has 2 aromatic rings. The fourth-order valence-corrected chi connectivity index (χ4v) is 3.08. The van der Waals surface area contributed by atoms with Crippen LogP contribution in [-0.4, -0.2) is 10.4 Å². The Morgan fingerprint density at radius 3 is 2.65 bits per heavy atom. The molecule has 104 valence electrons. The molecule has 1 aliphatic rings. The Morgan fingerprint density at radius 2 is 1.95 bits per heavy atom. The first-order valence-corrected chi connectivity index (χ1v) is 6.88. The number of halogens is 1. The highest BCUT2D eigenvalue weighted by molar-refractivity contribution is 5.99. The third kappa shape index (κ3) is 1.98. The van der Waals surface area contributed by atoms with Crippen LogP contribution in [0.5, 0.6) is 0 Å². The molecule has 3 heteroatoms. The van der Waals surface area contributed by atoms with Crippen molar-refractivity contribution in [2.24, 2.45) is 5.41 Å². The molecule has 1 heterocycles. The fourth-order valence-electron chi connectivity index (χ4n) is 3.08. The predicted octanol–water partition coefficient (Wildman–Crippen LogP) is 4.08. The lowest BCUT2D eigenvalue weighted by Crippen LogP contribution is -2.28. The third-order valence-electron chi connectivity index (χ3n) is 4.01. The van der Waals surface area contributed by atoms with Crippen molar-refractivity contribution in [2.75, 3.05) is 0 Å². The van der Waals surface area contributed by atoms with Crippen LogP contribution in [0.15, 0.2) is 30.5 Å². The van der Waals surface area contributed by atoms with E-state index in [0.717, 1.165) is 23.2 Å². The highest BCUT2D eigenvalue weighted by atomic mass is 19.1. The Bertz CT molecular complexity index is 677. The summed E-state index contributed by atoms with van der Waals surface area (Å²) in [5.74, 6) is -0.0942. The van der Waals surface area contributed by atoms with Crippen molar-refractivity contribution in [3.8, 4) is 5.69 Å². The number of carbonyl (C=O) groups is 1. The van der Waals surface area contributed by atoms with Crippen LogP contribution in [0, 0.1) is 18.2 Å². The van der Waals surface area contributed by atoms with Gasteiger partial charge in [-0.25, -0.2) is 4.39 Å². The van der Waals surface area contributed by atoms with Gasteiger partial charge in [-0.3, -0.25) is 4.79 Å². The summed E-state index contributed by atoms with van der Waals surface area (Å²) in [6, 6.07) is 6.88. The molecule has 1 aliphatic carbocycles. The zero-order valence-electron chi connectivity index (χ0n) is 12.0. The molecule has 0 spiro atoms. The van der Waals surface area contributed by atoms with Crippen molar-refractivity contribution in [2.45, 2.75) is 33.6 Å². The summed E-state index contributed by atoms with van der Waals surface area (Å²) in [5.41, 5.74) is 3.03. The van der Waals surface area contributed by atoms with Crippen LogP contribution >= 0.6 is 0 Å². The van der Waals surface area contributed by atoms with Crippen molar-refractivity contribution in [3.63, 3.8) is 0 Å². The molecule has 0 saturated carbocycles. The lowest BCUT2D eigenvalue weighted by atomic mass is 9.76. The first kappa shape index (κ1) is 13.1. The largest absolute Gasteiger partial charge is 0.317 e. The van der Waals surface area contributed by atoms with Crippen LogP contribution in [0.4, 0.5) is 4.39 Å². The van der Waals surface area contributed by atoms with Gasteiger partial charge >= 0.3 is 0 Å². The molecule has 3 rings (SSSR count). The van der Waals surface area contributed by atoms with E-state index in [1.54, 1.807) is 6.07 Å². The van der Waals surface area contributed by atoms with E-state index in [-0.39, 0.29) is 17.0 Å². The van der Waals surface area contributed by atoms with Crippen LogP contribution < -0.4 is 0 Å². The molecule has 0 unspecified atom stereocenters. The molecule has 0 amide bonds. The number of aromatic nitrogens is 1. The summed E-state index contributed by atoms with van der Waals surface area (Å²) in [5, 5.41) is 0. The van der Waals surface area contributed by atoms with E-state index in [1.807, 2.05) is 29.8 Å². The second kappa shape index (κ2) is 4.30. The average molecular weight is 271 g/mol. The van der Waals surface area contributed by atoms with Gasteiger partial charge in [-0.2, -0.15) is 0 Å². The van der Waals surface area contributed by atoms with E-state index in [2.05, 4.69) is 13.8 Å². The minimum atomic E-state index is -0.251. The van der Waals surface area contributed by atoms with Crippen molar-refractivity contribution < 1.29 is 9.18 Å². The molecule has 1 aromatic heterocycles. The van der Waals surface area contributed by atoms with Crippen molar-refractivity contribution in [1.29, 1.82) is 0 Å². The standard InChI is InChI=1S/C17H18FNO/c1-11-5-4-6-13(18)16(11)19-8-7-12-14(19)9-17(2,3)10-15(12)20/h4-8H,9-10H2,1-3H3. The lowest BCUT2D eigenvalue weighted by Gasteiger charge is -2.30. The Labute approximate surface area is 118 Å². The maximum absolute atomic E-state index is 14.2. The smallest absolute Gasteiger partial charge is 0.165 e. The average Bonchev–Trinajstić information content (AvgIpc) is 2.71. The summed E-state index contributed by atoms with van der Waals surface area (Å²) in [6.07, 6.45) is 3.16. The van der Waals surface area contributed by atoms with E-state index in [0.29, 0.717) is 12.1 Å². The van der Waals surface area contributed by atoms with Gasteiger partial charge in [0.25, 0.3) is 0 Å². The van der Waals surface area contributed by atoms with Gasteiger partial charge < -0.3 is 4.57 Å². The van der Waals surface area contributed by atoms with Gasteiger partial charge in [-0.1, -0.05) is 26.0 Å². The van der Waals surface area contributed by atoms with Crippen molar-refractivity contribution >= 4 is 5.78 Å². The Balaban J connectivity index is 2.21. The number of para-hydroxylation sites is 1. The number of hydrogen-bond donors (Lipinski definition) is 0. The highest BCUT2D eigenvalue weighted by Crippen LogP contribution is 2.36. The number of ketones is 1. The summed E-state index contributed by atoms with van der Waals surface area (Å²) < 4.78 is 16.0. The quantitative estimate of drug-likeness (QED) is 0.766. The molecule has 0 fully saturated rings. The molecule has 2 nitrogen and oxygen atoms in total. The van der Waals surface area contributed by atoms with Gasteiger partial charge in [-0.15, -0.1) is 0 Å². The molecule has 20 heavy (non-hydrogen) atoms. The monoisotopic (exact) mass is 271 g/mol. The maximum atomic E-state index is 14.2. The van der Waals surface area contributed by atoms with Crippen molar-refractivity contribution in [1.82, 2.24) is 4.57 Å². The van der Waals surface area contributed by atoms with E-state index in [4.69, 9.17) is 0 Å². The number of aryl methyl sites for hydroxylation is 1. The number of benzene rings is 1. The zero-order chi connectivity index (χ0) is 14.5. The number of rotatable bonds is 1. The number of nitrogens with zero attached hydrogens (tertiary/aromatic N) is 1. The van der Waals surface area contributed by atoms with Crippen LogP contribution in [0.2, 0.25) is 0 Å². The van der Waals surface area contributed by atoms with Gasteiger partial charge in [0.1, 0.15) is 5.82 Å². The third-order valence-corrected chi connectivity index (χ3v) is 4.01. The topological polar surface area (TPSA) is 22.0 Å². The number of fused-ring (bicyclic) bond motifs is 1. The first-order chi connectivity index (χ1) is 9.39. The number of hydrogen-bond acceptors (Lipinski definition) is 1. The van der Waals surface area contributed by atoms with Gasteiger partial charge in [0.05, 0.1) is 5.69 Å². The lowest BCUT2D eigenvalue weighted by molar-refractivity contribution is 0.0911. The van der Waals surface area contributed by atoms with Crippen LogP contribution in [-0.2, 0) is 6.42 Å². The SMILES string of the molecule is Cc1cccc(F)c1-n1ccc2c1CC(C)(C)CC2=O. The van der Waals surface area contributed by atoms with E-state index < -0.39 is 0 Å². The van der Waals surface area contributed by atoms with Gasteiger partial charge in [0, 0.05) is 23.9 Å². The molecule has 0 bridgehead atoms. The normalized spacial score (nSPS) is 17.1. The molecule has 0 N–H and O–H groups in total. The summed E-state index contributed by atoms with van der Waals surface area (Å²) >= 11 is 0. The minimum Gasteiger partial charge on any atom is -0.317 e. The summed E-state index contributed by atoms with van der Waals surface area (Å²) in [6.45, 7) is 6.05. The van der Waals surface area contributed by atoms with Gasteiger partial charge in [0.2, 0.25) is 0 Å². The summed E-state index contributed by atoms with van der Waals surface area (Å²) in [4.78, 5) is 12.2. The second-order valence-corrected chi connectivity index (χ2v) is 6.39. The fraction of sp³-hybridized carbons (Fsp3) is 0.353.